The van der Waals surface area contributed by atoms with E-state index in [1.165, 1.54) is 0 Å². The zero-order valence-electron chi connectivity index (χ0n) is 9.38. The van der Waals surface area contributed by atoms with E-state index in [4.69, 9.17) is 5.73 Å². The Morgan fingerprint density at radius 3 is 2.69 bits per heavy atom. The summed E-state index contributed by atoms with van der Waals surface area (Å²) in [6.07, 6.45) is 3.25. The summed E-state index contributed by atoms with van der Waals surface area (Å²) >= 11 is 0. The molecule has 0 amide bonds. The Morgan fingerprint density at radius 1 is 1.19 bits per heavy atom. The van der Waals surface area contributed by atoms with E-state index in [0.717, 1.165) is 16.9 Å². The van der Waals surface area contributed by atoms with Gasteiger partial charge in [0.05, 0.1) is 18.1 Å². The summed E-state index contributed by atoms with van der Waals surface area (Å²) in [6, 6.07) is 8.10. The first-order chi connectivity index (χ1) is 7.66. The maximum absolute atomic E-state index is 5.61. The molecule has 2 rings (SSSR count). The van der Waals surface area contributed by atoms with E-state index in [1.54, 1.807) is 12.4 Å². The minimum Gasteiger partial charge on any atom is -0.382 e. The first-order valence-electron chi connectivity index (χ1n) is 5.02. The molecular formula is C12H14N4. The first kappa shape index (κ1) is 10.4. The summed E-state index contributed by atoms with van der Waals surface area (Å²) in [5.74, 6) is 0.438. The number of nitrogens with zero attached hydrogens (tertiary/aromatic N) is 3. The number of hydrogen-bond donors (Lipinski definition) is 1. The predicted molar refractivity (Wildman–Crippen MR) is 66.2 cm³/mol. The average Bonchev–Trinajstić information content (AvgIpc) is 2.29. The van der Waals surface area contributed by atoms with Crippen LogP contribution in [0.25, 0.3) is 11.3 Å². The number of nitrogens with two attached hydrogens (primary N) is 1. The van der Waals surface area contributed by atoms with Crippen LogP contribution in [0, 0.1) is 0 Å². The Hall–Kier alpha value is -2.10. The highest BCUT2D eigenvalue weighted by Crippen LogP contribution is 2.21. The van der Waals surface area contributed by atoms with Crippen LogP contribution in [0.2, 0.25) is 0 Å². The molecule has 1 aromatic carbocycles. The van der Waals surface area contributed by atoms with Crippen molar-refractivity contribution in [2.75, 3.05) is 24.7 Å². The number of hydrogen-bond acceptors (Lipinski definition) is 4. The molecule has 0 radical (unpaired) electrons. The molecule has 16 heavy (non-hydrogen) atoms. The average molecular weight is 214 g/mol. The molecule has 2 aromatic rings. The SMILES string of the molecule is CN(C)c1cccc(-c2cncc(N)n2)c1. The zero-order valence-corrected chi connectivity index (χ0v) is 9.38. The lowest BCUT2D eigenvalue weighted by molar-refractivity contribution is 1.13. The molecule has 2 N–H and O–H groups in total. The fourth-order valence-corrected chi connectivity index (χ4v) is 1.46. The van der Waals surface area contributed by atoms with E-state index in [2.05, 4.69) is 16.0 Å². The number of anilines is 2. The highest BCUT2D eigenvalue weighted by Gasteiger charge is 2.02. The molecule has 1 aromatic heterocycles. The van der Waals surface area contributed by atoms with Crippen molar-refractivity contribution in [3.63, 3.8) is 0 Å². The monoisotopic (exact) mass is 214 g/mol. The van der Waals surface area contributed by atoms with Gasteiger partial charge in [0.25, 0.3) is 0 Å². The minimum absolute atomic E-state index is 0.438. The van der Waals surface area contributed by atoms with Crippen LogP contribution in [-0.4, -0.2) is 24.1 Å². The molecule has 0 aliphatic carbocycles. The molecule has 0 aliphatic heterocycles. The van der Waals surface area contributed by atoms with Crippen molar-refractivity contribution in [3.05, 3.63) is 36.7 Å². The van der Waals surface area contributed by atoms with Crippen LogP contribution in [0.5, 0.6) is 0 Å². The van der Waals surface area contributed by atoms with Crippen LogP contribution in [0.15, 0.2) is 36.7 Å². The molecule has 0 saturated carbocycles. The first-order valence-corrected chi connectivity index (χ1v) is 5.02. The normalized spacial score (nSPS) is 10.1. The van der Waals surface area contributed by atoms with E-state index in [-0.39, 0.29) is 0 Å². The quantitative estimate of drug-likeness (QED) is 0.828. The van der Waals surface area contributed by atoms with E-state index in [9.17, 15) is 0 Å². The van der Waals surface area contributed by atoms with E-state index in [0.29, 0.717) is 5.82 Å². The number of nitrogen functional groups attached to an aromatic ring is 1. The fourth-order valence-electron chi connectivity index (χ4n) is 1.46. The molecule has 0 saturated heterocycles. The Morgan fingerprint density at radius 2 is 2.00 bits per heavy atom. The van der Waals surface area contributed by atoms with Gasteiger partial charge in [-0.05, 0) is 12.1 Å². The van der Waals surface area contributed by atoms with Gasteiger partial charge < -0.3 is 10.6 Å². The lowest BCUT2D eigenvalue weighted by atomic mass is 10.1. The van der Waals surface area contributed by atoms with Crippen molar-refractivity contribution in [1.82, 2.24) is 9.97 Å². The summed E-state index contributed by atoms with van der Waals surface area (Å²) in [6.45, 7) is 0. The third-order valence-electron chi connectivity index (χ3n) is 2.31. The van der Waals surface area contributed by atoms with Crippen LogP contribution in [0.4, 0.5) is 11.5 Å². The topological polar surface area (TPSA) is 55.0 Å². The Balaban J connectivity index is 2.44. The van der Waals surface area contributed by atoms with Crippen LogP contribution in [-0.2, 0) is 0 Å². The molecule has 0 atom stereocenters. The molecule has 0 fully saturated rings. The summed E-state index contributed by atoms with van der Waals surface area (Å²) in [5.41, 5.74) is 8.55. The highest BCUT2D eigenvalue weighted by atomic mass is 15.1. The Kier molecular flexibility index (Phi) is 2.72. The second-order valence-electron chi connectivity index (χ2n) is 3.77. The molecule has 82 valence electrons. The molecule has 4 nitrogen and oxygen atoms in total. The third kappa shape index (κ3) is 2.11. The molecule has 0 unspecified atom stereocenters. The van der Waals surface area contributed by atoms with Gasteiger partial charge in [-0.15, -0.1) is 0 Å². The lowest BCUT2D eigenvalue weighted by Gasteiger charge is -2.13. The van der Waals surface area contributed by atoms with Crippen LogP contribution < -0.4 is 10.6 Å². The zero-order chi connectivity index (χ0) is 11.5. The van der Waals surface area contributed by atoms with Gasteiger partial charge in [0, 0.05) is 25.3 Å². The second kappa shape index (κ2) is 4.18. The van der Waals surface area contributed by atoms with Crippen molar-refractivity contribution >= 4 is 11.5 Å². The van der Waals surface area contributed by atoms with Gasteiger partial charge in [-0.3, -0.25) is 4.98 Å². The van der Waals surface area contributed by atoms with Crippen molar-refractivity contribution in [2.24, 2.45) is 0 Å². The van der Waals surface area contributed by atoms with Crippen molar-refractivity contribution in [3.8, 4) is 11.3 Å². The van der Waals surface area contributed by atoms with Crippen LogP contribution in [0.3, 0.4) is 0 Å². The molecule has 0 bridgehead atoms. The fraction of sp³-hybridized carbons (Fsp3) is 0.167. The molecular weight excluding hydrogens is 200 g/mol. The van der Waals surface area contributed by atoms with Crippen molar-refractivity contribution < 1.29 is 0 Å². The Labute approximate surface area is 94.8 Å². The largest absolute Gasteiger partial charge is 0.382 e. The van der Waals surface area contributed by atoms with Gasteiger partial charge in [0.2, 0.25) is 0 Å². The number of rotatable bonds is 2. The number of benzene rings is 1. The predicted octanol–water partition coefficient (Wildman–Crippen LogP) is 1.79. The maximum Gasteiger partial charge on any atom is 0.142 e. The van der Waals surface area contributed by atoms with E-state index >= 15 is 0 Å². The van der Waals surface area contributed by atoms with Gasteiger partial charge >= 0.3 is 0 Å². The van der Waals surface area contributed by atoms with Crippen molar-refractivity contribution in [1.29, 1.82) is 0 Å². The van der Waals surface area contributed by atoms with Crippen LogP contribution >= 0.6 is 0 Å². The van der Waals surface area contributed by atoms with Crippen molar-refractivity contribution in [2.45, 2.75) is 0 Å². The van der Waals surface area contributed by atoms with Gasteiger partial charge in [-0.2, -0.15) is 0 Å². The van der Waals surface area contributed by atoms with E-state index < -0.39 is 0 Å². The molecule has 0 aliphatic rings. The van der Waals surface area contributed by atoms with E-state index in [1.807, 2.05) is 37.2 Å². The van der Waals surface area contributed by atoms with Gasteiger partial charge in [0.15, 0.2) is 0 Å². The summed E-state index contributed by atoms with van der Waals surface area (Å²) in [5, 5.41) is 0. The highest BCUT2D eigenvalue weighted by molar-refractivity contribution is 5.65. The summed E-state index contributed by atoms with van der Waals surface area (Å²) in [4.78, 5) is 10.3. The lowest BCUT2D eigenvalue weighted by Crippen LogP contribution is -2.08. The molecule has 1 heterocycles. The van der Waals surface area contributed by atoms with Gasteiger partial charge in [-0.1, -0.05) is 12.1 Å². The molecule has 4 heteroatoms. The summed E-state index contributed by atoms with van der Waals surface area (Å²) in [7, 11) is 4.01. The standard InChI is InChI=1S/C12H14N4/c1-16(2)10-5-3-4-9(6-10)11-7-14-8-12(13)15-11/h3-8H,1-2H3,(H2,13,15). The molecule has 0 spiro atoms. The third-order valence-corrected chi connectivity index (χ3v) is 2.31. The smallest absolute Gasteiger partial charge is 0.142 e. The maximum atomic E-state index is 5.61. The summed E-state index contributed by atoms with van der Waals surface area (Å²) < 4.78 is 0. The van der Waals surface area contributed by atoms with Gasteiger partial charge in [-0.25, -0.2) is 4.98 Å². The Bertz CT molecular complexity index is 494. The number of aromatic nitrogens is 2. The van der Waals surface area contributed by atoms with Crippen LogP contribution in [0.1, 0.15) is 0 Å². The van der Waals surface area contributed by atoms with Gasteiger partial charge in [0.1, 0.15) is 5.82 Å². The minimum atomic E-state index is 0.438. The second-order valence-corrected chi connectivity index (χ2v) is 3.77.